The van der Waals surface area contributed by atoms with Crippen molar-refractivity contribution in [3.05, 3.63) is 59.7 Å². The number of phenols is 1. The number of nitrogens with one attached hydrogen (secondary N) is 1. The fourth-order valence-electron chi connectivity index (χ4n) is 2.94. The average molecular weight is 373 g/mol. The second kappa shape index (κ2) is 6.80. The van der Waals surface area contributed by atoms with Gasteiger partial charge in [-0.3, -0.25) is 9.52 Å². The van der Waals surface area contributed by atoms with Gasteiger partial charge in [-0.2, -0.15) is 5.10 Å². The molecule has 0 saturated carbocycles. The van der Waals surface area contributed by atoms with Crippen molar-refractivity contribution in [1.82, 2.24) is 5.01 Å². The number of nitrogens with zero attached hydrogens (tertiary/aromatic N) is 2. The van der Waals surface area contributed by atoms with Gasteiger partial charge in [-0.1, -0.05) is 30.3 Å². The number of hydrogen-bond donors (Lipinski definition) is 2. The summed E-state index contributed by atoms with van der Waals surface area (Å²) in [4.78, 5) is 12.0. The number of hydrazone groups is 1. The highest BCUT2D eigenvalue weighted by atomic mass is 32.2. The van der Waals surface area contributed by atoms with Crippen molar-refractivity contribution >= 4 is 27.3 Å². The summed E-state index contributed by atoms with van der Waals surface area (Å²) in [5, 5.41) is 15.3. The molecule has 2 N–H and O–H groups in total. The summed E-state index contributed by atoms with van der Waals surface area (Å²) in [6, 6.07) is 13.2. The Labute approximate surface area is 152 Å². The van der Waals surface area contributed by atoms with Gasteiger partial charge >= 0.3 is 0 Å². The number of sulfonamides is 1. The van der Waals surface area contributed by atoms with Gasteiger partial charge in [0.15, 0.2) is 0 Å². The van der Waals surface area contributed by atoms with E-state index in [0.717, 1.165) is 11.8 Å². The van der Waals surface area contributed by atoms with Gasteiger partial charge < -0.3 is 5.11 Å². The molecule has 0 radical (unpaired) electrons. The zero-order valence-electron chi connectivity index (χ0n) is 14.4. The van der Waals surface area contributed by atoms with Crippen molar-refractivity contribution in [2.24, 2.45) is 5.10 Å². The van der Waals surface area contributed by atoms with Crippen LogP contribution in [0.15, 0.2) is 53.6 Å². The highest BCUT2D eigenvalue weighted by Crippen LogP contribution is 2.35. The number of amides is 1. The first-order valence-electron chi connectivity index (χ1n) is 7.98. The molecule has 26 heavy (non-hydrogen) atoms. The van der Waals surface area contributed by atoms with E-state index in [0.29, 0.717) is 23.4 Å². The molecular weight excluding hydrogens is 354 g/mol. The summed E-state index contributed by atoms with van der Waals surface area (Å²) in [5.74, 6) is -0.0726. The van der Waals surface area contributed by atoms with Crippen LogP contribution in [0.1, 0.15) is 30.5 Å². The molecule has 1 atom stereocenters. The Hall–Kier alpha value is -2.87. The zero-order valence-corrected chi connectivity index (χ0v) is 15.2. The minimum absolute atomic E-state index is 0.143. The predicted molar refractivity (Wildman–Crippen MR) is 99.4 cm³/mol. The van der Waals surface area contributed by atoms with E-state index in [2.05, 4.69) is 9.82 Å². The lowest BCUT2D eigenvalue weighted by Crippen LogP contribution is -2.24. The Balaban J connectivity index is 1.98. The fraction of sp³-hybridized carbons (Fsp3) is 0.222. The number of rotatable bonds is 4. The summed E-state index contributed by atoms with van der Waals surface area (Å²) < 4.78 is 25.7. The van der Waals surface area contributed by atoms with Gasteiger partial charge in [0, 0.05) is 18.9 Å². The Kier molecular flexibility index (Phi) is 4.69. The highest BCUT2D eigenvalue weighted by Gasteiger charge is 2.32. The average Bonchev–Trinajstić information content (AvgIpc) is 3.00. The molecule has 0 aliphatic carbocycles. The van der Waals surface area contributed by atoms with E-state index in [4.69, 9.17) is 0 Å². The van der Waals surface area contributed by atoms with Crippen LogP contribution in [0.25, 0.3) is 0 Å². The summed E-state index contributed by atoms with van der Waals surface area (Å²) >= 11 is 0. The second-order valence-electron chi connectivity index (χ2n) is 6.14. The molecule has 0 aromatic heterocycles. The Morgan fingerprint density at radius 3 is 2.46 bits per heavy atom. The van der Waals surface area contributed by atoms with Crippen molar-refractivity contribution in [3.8, 4) is 5.75 Å². The number of para-hydroxylation sites is 1. The molecule has 0 spiro atoms. The van der Waals surface area contributed by atoms with E-state index in [1.165, 1.54) is 11.9 Å². The molecule has 1 aliphatic rings. The standard InChI is InChI=1S/C18H19N3O4S/c1-12(22)21-18(13-7-9-14(23)10-8-13)11-17(19-21)15-5-3-4-6-16(15)20-26(2,24)25/h3-10,18,20,23H,11H2,1-2H3/t18-/m1/s1. The number of hydrogen-bond acceptors (Lipinski definition) is 5. The molecule has 2 aromatic carbocycles. The third kappa shape index (κ3) is 3.85. The molecule has 7 nitrogen and oxygen atoms in total. The third-order valence-electron chi connectivity index (χ3n) is 4.04. The monoisotopic (exact) mass is 373 g/mol. The van der Waals surface area contributed by atoms with Crippen LogP contribution in [0.3, 0.4) is 0 Å². The van der Waals surface area contributed by atoms with Crippen LogP contribution in [-0.4, -0.2) is 36.4 Å². The second-order valence-corrected chi connectivity index (χ2v) is 7.89. The van der Waals surface area contributed by atoms with E-state index < -0.39 is 10.0 Å². The molecule has 0 fully saturated rings. The van der Waals surface area contributed by atoms with Crippen molar-refractivity contribution in [1.29, 1.82) is 0 Å². The quantitative estimate of drug-likeness (QED) is 0.860. The van der Waals surface area contributed by atoms with Crippen molar-refractivity contribution in [2.45, 2.75) is 19.4 Å². The van der Waals surface area contributed by atoms with Gasteiger partial charge in [-0.15, -0.1) is 0 Å². The van der Waals surface area contributed by atoms with Crippen LogP contribution in [-0.2, 0) is 14.8 Å². The third-order valence-corrected chi connectivity index (χ3v) is 4.63. The highest BCUT2D eigenvalue weighted by molar-refractivity contribution is 7.92. The van der Waals surface area contributed by atoms with Crippen LogP contribution in [0.4, 0.5) is 5.69 Å². The van der Waals surface area contributed by atoms with E-state index in [-0.39, 0.29) is 17.7 Å². The summed E-state index contributed by atoms with van der Waals surface area (Å²) in [6.07, 6.45) is 1.52. The van der Waals surface area contributed by atoms with Crippen molar-refractivity contribution in [2.75, 3.05) is 11.0 Å². The number of phenolic OH excluding ortho intramolecular Hbond substituents is 1. The molecule has 1 aliphatic heterocycles. The molecule has 0 saturated heterocycles. The maximum Gasteiger partial charge on any atom is 0.240 e. The largest absolute Gasteiger partial charge is 0.508 e. The first-order valence-corrected chi connectivity index (χ1v) is 9.87. The maximum atomic E-state index is 12.0. The van der Waals surface area contributed by atoms with Gasteiger partial charge in [0.1, 0.15) is 5.75 Å². The number of benzene rings is 2. The van der Waals surface area contributed by atoms with E-state index in [1.807, 2.05) is 0 Å². The van der Waals surface area contributed by atoms with Crippen LogP contribution in [0.2, 0.25) is 0 Å². The smallest absolute Gasteiger partial charge is 0.240 e. The molecule has 1 heterocycles. The lowest BCUT2D eigenvalue weighted by Gasteiger charge is -2.20. The molecule has 8 heteroatoms. The lowest BCUT2D eigenvalue weighted by molar-refractivity contribution is -0.130. The number of carbonyl (C=O) groups excluding carboxylic acids is 1. The lowest BCUT2D eigenvalue weighted by atomic mass is 9.97. The van der Waals surface area contributed by atoms with E-state index in [1.54, 1.807) is 48.5 Å². The SMILES string of the molecule is CC(=O)N1N=C(c2ccccc2NS(C)(=O)=O)C[C@@H]1c1ccc(O)cc1. The first-order chi connectivity index (χ1) is 12.2. The van der Waals surface area contributed by atoms with Gasteiger partial charge in [0.25, 0.3) is 0 Å². The normalized spacial score (nSPS) is 17.1. The van der Waals surface area contributed by atoms with Gasteiger partial charge in [-0.25, -0.2) is 13.4 Å². The molecule has 3 rings (SSSR count). The van der Waals surface area contributed by atoms with Crippen LogP contribution in [0.5, 0.6) is 5.75 Å². The van der Waals surface area contributed by atoms with Crippen LogP contribution in [0, 0.1) is 0 Å². The molecular formula is C18H19N3O4S. The molecule has 1 amide bonds. The minimum atomic E-state index is -3.44. The predicted octanol–water partition coefficient (Wildman–Crippen LogP) is 2.46. The number of carbonyl (C=O) groups is 1. The molecule has 2 aromatic rings. The van der Waals surface area contributed by atoms with Crippen LogP contribution < -0.4 is 4.72 Å². The van der Waals surface area contributed by atoms with E-state index >= 15 is 0 Å². The summed E-state index contributed by atoms with van der Waals surface area (Å²) in [6.45, 7) is 1.43. The number of aromatic hydroxyl groups is 1. The first kappa shape index (κ1) is 17.9. The Morgan fingerprint density at radius 2 is 1.85 bits per heavy atom. The molecule has 0 bridgehead atoms. The molecule has 136 valence electrons. The van der Waals surface area contributed by atoms with Gasteiger partial charge in [-0.05, 0) is 23.8 Å². The number of anilines is 1. The van der Waals surface area contributed by atoms with Crippen molar-refractivity contribution < 1.29 is 18.3 Å². The van der Waals surface area contributed by atoms with E-state index in [9.17, 15) is 18.3 Å². The van der Waals surface area contributed by atoms with Gasteiger partial charge in [0.2, 0.25) is 15.9 Å². The Bertz CT molecular complexity index is 968. The van der Waals surface area contributed by atoms with Gasteiger partial charge in [0.05, 0.1) is 23.7 Å². The zero-order chi connectivity index (χ0) is 18.9. The summed E-state index contributed by atoms with van der Waals surface area (Å²) in [5.41, 5.74) is 2.50. The van der Waals surface area contributed by atoms with Crippen molar-refractivity contribution in [3.63, 3.8) is 0 Å². The molecule has 0 unspecified atom stereocenters. The minimum Gasteiger partial charge on any atom is -0.508 e. The topological polar surface area (TPSA) is 99.1 Å². The fourth-order valence-corrected chi connectivity index (χ4v) is 3.52. The van der Waals surface area contributed by atoms with Crippen LogP contribution >= 0.6 is 0 Å². The summed E-state index contributed by atoms with van der Waals surface area (Å²) in [7, 11) is -3.44. The Morgan fingerprint density at radius 1 is 1.19 bits per heavy atom. The maximum absolute atomic E-state index is 12.0.